The number of hydrogen-bond donors (Lipinski definition) is 1. The van der Waals surface area contributed by atoms with E-state index in [9.17, 15) is 5.11 Å². The summed E-state index contributed by atoms with van der Waals surface area (Å²) in [6.45, 7) is 0.957. The van der Waals surface area contributed by atoms with Gasteiger partial charge in [0.05, 0.1) is 0 Å². The molecule has 0 fully saturated rings. The van der Waals surface area contributed by atoms with E-state index in [1.165, 1.54) is 0 Å². The van der Waals surface area contributed by atoms with Crippen LogP contribution in [0.1, 0.15) is 11.1 Å². The number of ether oxygens (including phenoxy) is 2. The lowest BCUT2D eigenvalue weighted by Gasteiger charge is -2.01. The first-order chi connectivity index (χ1) is 9.83. The van der Waals surface area contributed by atoms with Crippen molar-refractivity contribution < 1.29 is 14.6 Å². The van der Waals surface area contributed by atoms with E-state index in [4.69, 9.17) is 9.47 Å². The van der Waals surface area contributed by atoms with Crippen LogP contribution in [0.4, 0.5) is 0 Å². The Bertz CT molecular complexity index is 637. The lowest BCUT2D eigenvalue weighted by Crippen LogP contribution is -1.93. The number of benzene rings is 2. The van der Waals surface area contributed by atoms with Crippen LogP contribution in [0.15, 0.2) is 47.5 Å². The summed E-state index contributed by atoms with van der Waals surface area (Å²) in [7, 11) is 0. The second-order valence-corrected chi connectivity index (χ2v) is 4.53. The van der Waals surface area contributed by atoms with Gasteiger partial charge in [0.2, 0.25) is 6.79 Å². The van der Waals surface area contributed by atoms with Crippen molar-refractivity contribution >= 4 is 6.21 Å². The van der Waals surface area contributed by atoms with Gasteiger partial charge in [-0.1, -0.05) is 18.2 Å². The summed E-state index contributed by atoms with van der Waals surface area (Å²) >= 11 is 0. The Morgan fingerprint density at radius 3 is 2.85 bits per heavy atom. The molecule has 4 nitrogen and oxygen atoms in total. The Balaban J connectivity index is 1.59. The number of hydrogen-bond acceptors (Lipinski definition) is 4. The van der Waals surface area contributed by atoms with Crippen molar-refractivity contribution in [3.8, 4) is 17.2 Å². The molecule has 102 valence electrons. The zero-order valence-corrected chi connectivity index (χ0v) is 11.0. The first-order valence-electron chi connectivity index (χ1n) is 6.49. The standard InChI is InChI=1S/C16H15NO3/c18-14-4-2-1-3-13(14)10-17-8-7-12-5-6-15-16(9-12)20-11-19-15/h1-6,9-10,18H,7-8,11H2. The van der Waals surface area contributed by atoms with Crippen molar-refractivity contribution in [2.75, 3.05) is 13.3 Å². The Labute approximate surface area is 117 Å². The van der Waals surface area contributed by atoms with Gasteiger partial charge in [-0.3, -0.25) is 4.99 Å². The minimum absolute atomic E-state index is 0.249. The van der Waals surface area contributed by atoms with Gasteiger partial charge in [-0.2, -0.15) is 0 Å². The topological polar surface area (TPSA) is 51.1 Å². The van der Waals surface area contributed by atoms with E-state index in [2.05, 4.69) is 4.99 Å². The zero-order chi connectivity index (χ0) is 13.8. The van der Waals surface area contributed by atoms with E-state index < -0.39 is 0 Å². The lowest BCUT2D eigenvalue weighted by molar-refractivity contribution is 0.174. The minimum Gasteiger partial charge on any atom is -0.507 e. The first kappa shape index (κ1) is 12.5. The zero-order valence-electron chi connectivity index (χ0n) is 11.0. The quantitative estimate of drug-likeness (QED) is 0.868. The molecule has 0 aromatic heterocycles. The third-order valence-electron chi connectivity index (χ3n) is 3.13. The predicted molar refractivity (Wildman–Crippen MR) is 76.8 cm³/mol. The van der Waals surface area contributed by atoms with E-state index in [1.54, 1.807) is 18.3 Å². The van der Waals surface area contributed by atoms with Gasteiger partial charge in [0.15, 0.2) is 11.5 Å². The SMILES string of the molecule is Oc1ccccc1C=NCCc1ccc2c(c1)OCO2. The molecule has 4 heteroatoms. The van der Waals surface area contributed by atoms with Crippen molar-refractivity contribution in [3.05, 3.63) is 53.6 Å². The molecular weight excluding hydrogens is 254 g/mol. The Hall–Kier alpha value is -2.49. The highest BCUT2D eigenvalue weighted by molar-refractivity contribution is 5.83. The molecule has 0 saturated heterocycles. The molecule has 20 heavy (non-hydrogen) atoms. The van der Waals surface area contributed by atoms with Crippen LogP contribution < -0.4 is 9.47 Å². The van der Waals surface area contributed by atoms with Gasteiger partial charge >= 0.3 is 0 Å². The van der Waals surface area contributed by atoms with Gasteiger partial charge in [0.1, 0.15) is 5.75 Å². The summed E-state index contributed by atoms with van der Waals surface area (Å²) in [5.41, 5.74) is 1.89. The summed E-state index contributed by atoms with van der Waals surface area (Å²) in [6.07, 6.45) is 2.52. The fourth-order valence-corrected chi connectivity index (χ4v) is 2.05. The highest BCUT2D eigenvalue weighted by atomic mass is 16.7. The minimum atomic E-state index is 0.249. The Morgan fingerprint density at radius 2 is 1.95 bits per heavy atom. The average molecular weight is 269 g/mol. The maximum absolute atomic E-state index is 9.61. The van der Waals surface area contributed by atoms with Crippen LogP contribution in [0.2, 0.25) is 0 Å². The van der Waals surface area contributed by atoms with Gasteiger partial charge in [0.25, 0.3) is 0 Å². The van der Waals surface area contributed by atoms with Gasteiger partial charge in [-0.05, 0) is 36.2 Å². The maximum Gasteiger partial charge on any atom is 0.231 e. The van der Waals surface area contributed by atoms with Gasteiger partial charge < -0.3 is 14.6 Å². The van der Waals surface area contributed by atoms with Gasteiger partial charge in [-0.15, -0.1) is 0 Å². The second-order valence-electron chi connectivity index (χ2n) is 4.53. The molecule has 3 rings (SSSR count). The number of nitrogens with zero attached hydrogens (tertiary/aromatic N) is 1. The van der Waals surface area contributed by atoms with Crippen molar-refractivity contribution in [3.63, 3.8) is 0 Å². The molecule has 1 heterocycles. The van der Waals surface area contributed by atoms with Crippen LogP contribution in [0.5, 0.6) is 17.2 Å². The monoisotopic (exact) mass is 269 g/mol. The molecule has 1 N–H and O–H groups in total. The molecular formula is C16H15NO3. The smallest absolute Gasteiger partial charge is 0.231 e. The largest absolute Gasteiger partial charge is 0.507 e. The molecule has 2 aromatic rings. The van der Waals surface area contributed by atoms with Crippen molar-refractivity contribution in [1.82, 2.24) is 0 Å². The number of para-hydroxylation sites is 1. The summed E-state index contributed by atoms with van der Waals surface area (Å²) in [5, 5.41) is 9.61. The molecule has 2 aromatic carbocycles. The van der Waals surface area contributed by atoms with E-state index in [-0.39, 0.29) is 5.75 Å². The van der Waals surface area contributed by atoms with E-state index in [1.807, 2.05) is 30.3 Å². The summed E-state index contributed by atoms with van der Waals surface area (Å²) in [4.78, 5) is 4.33. The van der Waals surface area contributed by atoms with Crippen LogP contribution in [0.25, 0.3) is 0 Å². The molecule has 0 saturated carbocycles. The van der Waals surface area contributed by atoms with Crippen molar-refractivity contribution in [2.24, 2.45) is 4.99 Å². The van der Waals surface area contributed by atoms with Crippen LogP contribution in [-0.4, -0.2) is 24.7 Å². The number of aliphatic imine (C=N–C) groups is 1. The van der Waals surface area contributed by atoms with Gasteiger partial charge in [-0.25, -0.2) is 0 Å². The molecule has 1 aliphatic heterocycles. The second kappa shape index (κ2) is 5.65. The molecule has 1 aliphatic rings. The van der Waals surface area contributed by atoms with E-state index in [0.717, 1.165) is 29.0 Å². The van der Waals surface area contributed by atoms with Crippen LogP contribution in [0, 0.1) is 0 Å². The maximum atomic E-state index is 9.61. The predicted octanol–water partition coefficient (Wildman–Crippen LogP) is 2.78. The van der Waals surface area contributed by atoms with Crippen LogP contribution in [0.3, 0.4) is 0 Å². The lowest BCUT2D eigenvalue weighted by atomic mass is 10.1. The van der Waals surface area contributed by atoms with E-state index >= 15 is 0 Å². The number of rotatable bonds is 4. The number of phenols is 1. The number of aromatic hydroxyl groups is 1. The fourth-order valence-electron chi connectivity index (χ4n) is 2.05. The molecule has 0 atom stereocenters. The first-order valence-corrected chi connectivity index (χ1v) is 6.49. The molecule has 0 spiro atoms. The van der Waals surface area contributed by atoms with Crippen LogP contribution in [-0.2, 0) is 6.42 Å². The summed E-state index contributed by atoms with van der Waals surface area (Å²) < 4.78 is 10.6. The highest BCUT2D eigenvalue weighted by Gasteiger charge is 2.12. The molecule has 0 unspecified atom stereocenters. The third kappa shape index (κ3) is 2.74. The molecule has 0 radical (unpaired) electrons. The number of phenolic OH excluding ortho intramolecular Hbond substituents is 1. The Morgan fingerprint density at radius 1 is 1.10 bits per heavy atom. The highest BCUT2D eigenvalue weighted by Crippen LogP contribution is 2.32. The van der Waals surface area contributed by atoms with Gasteiger partial charge in [0, 0.05) is 18.3 Å². The molecule has 0 amide bonds. The third-order valence-corrected chi connectivity index (χ3v) is 3.13. The molecule has 0 aliphatic carbocycles. The molecule has 0 bridgehead atoms. The van der Waals surface area contributed by atoms with Crippen LogP contribution >= 0.6 is 0 Å². The van der Waals surface area contributed by atoms with Crippen molar-refractivity contribution in [1.29, 1.82) is 0 Å². The normalized spacial score (nSPS) is 13.0. The Kier molecular flexibility index (Phi) is 3.54. The average Bonchev–Trinajstić information content (AvgIpc) is 2.93. The summed E-state index contributed by atoms with van der Waals surface area (Å²) in [5.74, 6) is 1.85. The van der Waals surface area contributed by atoms with E-state index in [0.29, 0.717) is 13.3 Å². The fraction of sp³-hybridized carbons (Fsp3) is 0.188. The summed E-state index contributed by atoms with van der Waals surface area (Å²) in [6, 6.07) is 13.1. The van der Waals surface area contributed by atoms with Crippen molar-refractivity contribution in [2.45, 2.75) is 6.42 Å². The number of fused-ring (bicyclic) bond motifs is 1.